The Bertz CT molecular complexity index is 326. The summed E-state index contributed by atoms with van der Waals surface area (Å²) in [5, 5.41) is 3.36. The predicted molar refractivity (Wildman–Crippen MR) is 43.3 cm³/mol. The van der Waals surface area contributed by atoms with E-state index >= 15 is 0 Å². The lowest BCUT2D eigenvalue weighted by atomic mass is 10.2. The zero-order valence-electron chi connectivity index (χ0n) is 7.91. The lowest BCUT2D eigenvalue weighted by molar-refractivity contribution is -0.138. The van der Waals surface area contributed by atoms with E-state index in [-0.39, 0.29) is 17.9 Å². The zero-order chi connectivity index (χ0) is 11.3. The number of carbonyl (C=O) groups is 1. The number of aromatic nitrogens is 1. The Morgan fingerprint density at radius 3 is 3.00 bits per heavy atom. The second-order valence-electron chi connectivity index (χ2n) is 2.47. The monoisotopic (exact) mass is 221 g/mol. The molecule has 0 aliphatic carbocycles. The molecule has 7 heteroatoms. The maximum Gasteiger partial charge on any atom is 0.345 e. The van der Waals surface area contributed by atoms with Crippen LogP contribution in [0.5, 0.6) is 0 Å². The van der Waals surface area contributed by atoms with Crippen molar-refractivity contribution in [2.24, 2.45) is 0 Å². The van der Waals surface area contributed by atoms with Gasteiger partial charge in [0.2, 0.25) is 0 Å². The quantitative estimate of drug-likeness (QED) is 0.706. The average molecular weight is 221 g/mol. The van der Waals surface area contributed by atoms with Crippen molar-refractivity contribution < 1.29 is 27.6 Å². The minimum Gasteiger partial charge on any atom is -0.462 e. The third-order valence-corrected chi connectivity index (χ3v) is 1.49. The van der Waals surface area contributed by atoms with Gasteiger partial charge in [-0.2, -0.15) is 8.78 Å². The number of nitrogens with zero attached hydrogens (tertiary/aromatic N) is 1. The van der Waals surface area contributed by atoms with Gasteiger partial charge in [0.15, 0.2) is 0 Å². The zero-order valence-corrected chi connectivity index (χ0v) is 7.91. The molecule has 1 aromatic heterocycles. The topological polar surface area (TPSA) is 61.6 Å². The number of hydrogen-bond donors (Lipinski definition) is 0. The second kappa shape index (κ2) is 5.40. The summed E-state index contributed by atoms with van der Waals surface area (Å²) in [5.41, 5.74) is -0.00810. The molecule has 0 unspecified atom stereocenters. The van der Waals surface area contributed by atoms with Gasteiger partial charge in [-0.05, 0) is 6.92 Å². The van der Waals surface area contributed by atoms with Crippen molar-refractivity contribution >= 4 is 5.97 Å². The summed E-state index contributed by atoms with van der Waals surface area (Å²) in [4.78, 5) is 11.2. The van der Waals surface area contributed by atoms with E-state index in [0.717, 1.165) is 6.26 Å². The van der Waals surface area contributed by atoms with Gasteiger partial charge in [0, 0.05) is 0 Å². The number of halogens is 2. The number of alkyl halides is 2. The van der Waals surface area contributed by atoms with Crippen LogP contribution in [0.15, 0.2) is 10.8 Å². The van der Waals surface area contributed by atoms with Crippen molar-refractivity contribution in [2.75, 3.05) is 6.61 Å². The third-order valence-electron chi connectivity index (χ3n) is 1.49. The summed E-state index contributed by atoms with van der Waals surface area (Å²) >= 11 is 0. The Morgan fingerprint density at radius 1 is 1.67 bits per heavy atom. The van der Waals surface area contributed by atoms with Crippen LogP contribution in [0.1, 0.15) is 23.0 Å². The minimum atomic E-state index is -2.92. The van der Waals surface area contributed by atoms with Crippen LogP contribution < -0.4 is 0 Å². The molecule has 0 aliphatic heterocycles. The molecule has 0 saturated heterocycles. The standard InChI is InChI=1S/C8H9F2NO4/c1-2-13-7(12)5-3-15-11-6(5)4-14-8(9)10/h3,8H,2,4H2,1H3. The molecular weight excluding hydrogens is 212 g/mol. The maximum atomic E-state index is 11.7. The van der Waals surface area contributed by atoms with Crippen LogP contribution in [-0.4, -0.2) is 24.3 Å². The molecule has 15 heavy (non-hydrogen) atoms. The van der Waals surface area contributed by atoms with Crippen LogP contribution in [-0.2, 0) is 16.1 Å². The highest BCUT2D eigenvalue weighted by Crippen LogP contribution is 2.11. The fourth-order valence-electron chi connectivity index (χ4n) is 0.881. The minimum absolute atomic E-state index is 0.00231. The van der Waals surface area contributed by atoms with Gasteiger partial charge in [0.1, 0.15) is 17.5 Å². The van der Waals surface area contributed by atoms with Crippen LogP contribution >= 0.6 is 0 Å². The number of rotatable bonds is 5. The van der Waals surface area contributed by atoms with Gasteiger partial charge in [-0.1, -0.05) is 5.16 Å². The first kappa shape index (κ1) is 11.6. The molecule has 1 heterocycles. The van der Waals surface area contributed by atoms with Crippen molar-refractivity contribution in [1.82, 2.24) is 5.16 Å². The number of ether oxygens (including phenoxy) is 2. The lowest BCUT2D eigenvalue weighted by Crippen LogP contribution is -2.08. The van der Waals surface area contributed by atoms with E-state index in [1.807, 2.05) is 0 Å². The van der Waals surface area contributed by atoms with E-state index in [9.17, 15) is 13.6 Å². The molecule has 0 saturated carbocycles. The molecule has 0 fully saturated rings. The molecule has 0 N–H and O–H groups in total. The molecule has 84 valence electrons. The Kier molecular flexibility index (Phi) is 4.17. The molecule has 0 atom stereocenters. The SMILES string of the molecule is CCOC(=O)c1conc1COC(F)F. The molecule has 0 bridgehead atoms. The molecular formula is C8H9F2NO4. The normalized spacial score (nSPS) is 10.7. The van der Waals surface area contributed by atoms with E-state index in [4.69, 9.17) is 0 Å². The van der Waals surface area contributed by atoms with Gasteiger partial charge in [-0.25, -0.2) is 4.79 Å². The van der Waals surface area contributed by atoms with Gasteiger partial charge in [-0.15, -0.1) is 0 Å². The van der Waals surface area contributed by atoms with Crippen molar-refractivity contribution in [3.63, 3.8) is 0 Å². The van der Waals surface area contributed by atoms with E-state index in [0.29, 0.717) is 0 Å². The average Bonchev–Trinajstić information content (AvgIpc) is 2.62. The van der Waals surface area contributed by atoms with Crippen molar-refractivity contribution in [3.8, 4) is 0 Å². The van der Waals surface area contributed by atoms with Crippen LogP contribution in [0.25, 0.3) is 0 Å². The molecule has 0 radical (unpaired) electrons. The Morgan fingerprint density at radius 2 is 2.40 bits per heavy atom. The van der Waals surface area contributed by atoms with Crippen molar-refractivity contribution in [2.45, 2.75) is 20.1 Å². The highest BCUT2D eigenvalue weighted by Gasteiger charge is 2.18. The molecule has 5 nitrogen and oxygen atoms in total. The fraction of sp³-hybridized carbons (Fsp3) is 0.500. The number of esters is 1. The van der Waals surface area contributed by atoms with E-state index in [2.05, 4.69) is 19.2 Å². The van der Waals surface area contributed by atoms with Gasteiger partial charge < -0.3 is 14.0 Å². The van der Waals surface area contributed by atoms with Crippen LogP contribution in [0.2, 0.25) is 0 Å². The summed E-state index contributed by atoms with van der Waals surface area (Å²) in [6.45, 7) is -1.61. The molecule has 0 spiro atoms. The molecule has 0 aromatic carbocycles. The highest BCUT2D eigenvalue weighted by molar-refractivity contribution is 5.90. The maximum absolute atomic E-state index is 11.7. The molecule has 1 aromatic rings. The third kappa shape index (κ3) is 3.28. The Labute approximate surface area is 83.9 Å². The van der Waals surface area contributed by atoms with Crippen LogP contribution in [0.3, 0.4) is 0 Å². The van der Waals surface area contributed by atoms with Crippen LogP contribution in [0, 0.1) is 0 Å². The van der Waals surface area contributed by atoms with Crippen molar-refractivity contribution in [3.05, 3.63) is 17.5 Å². The molecule has 1 rings (SSSR count). The smallest absolute Gasteiger partial charge is 0.345 e. The summed E-state index contributed by atoms with van der Waals surface area (Å²) in [6, 6.07) is 0. The molecule has 0 amide bonds. The van der Waals surface area contributed by atoms with E-state index in [1.165, 1.54) is 0 Å². The predicted octanol–water partition coefficient (Wildman–Crippen LogP) is 1.59. The van der Waals surface area contributed by atoms with Crippen LogP contribution in [0.4, 0.5) is 8.78 Å². The summed E-state index contributed by atoms with van der Waals surface area (Å²) < 4.78 is 36.5. The first-order valence-electron chi connectivity index (χ1n) is 4.15. The lowest BCUT2D eigenvalue weighted by Gasteiger charge is -2.01. The van der Waals surface area contributed by atoms with E-state index < -0.39 is 19.2 Å². The Hall–Kier alpha value is -1.50. The summed E-state index contributed by atoms with van der Waals surface area (Å²) in [6.07, 6.45) is 1.03. The largest absolute Gasteiger partial charge is 0.462 e. The first-order valence-corrected chi connectivity index (χ1v) is 4.15. The van der Waals surface area contributed by atoms with Gasteiger partial charge in [-0.3, -0.25) is 0 Å². The summed E-state index contributed by atoms with van der Waals surface area (Å²) in [7, 11) is 0. The number of carbonyl (C=O) groups excluding carboxylic acids is 1. The highest BCUT2D eigenvalue weighted by atomic mass is 19.3. The Balaban J connectivity index is 2.64. The summed E-state index contributed by atoms with van der Waals surface area (Å²) in [5.74, 6) is -0.674. The van der Waals surface area contributed by atoms with Gasteiger partial charge >= 0.3 is 12.6 Å². The second-order valence-corrected chi connectivity index (χ2v) is 2.47. The first-order chi connectivity index (χ1) is 7.15. The fourth-order valence-corrected chi connectivity index (χ4v) is 0.881. The number of hydrogen-bond acceptors (Lipinski definition) is 5. The van der Waals surface area contributed by atoms with Gasteiger partial charge in [0.25, 0.3) is 0 Å². The van der Waals surface area contributed by atoms with Crippen molar-refractivity contribution in [1.29, 1.82) is 0 Å². The van der Waals surface area contributed by atoms with Gasteiger partial charge in [0.05, 0.1) is 13.2 Å². The van der Waals surface area contributed by atoms with E-state index in [1.54, 1.807) is 6.92 Å². The molecule has 0 aliphatic rings.